The summed E-state index contributed by atoms with van der Waals surface area (Å²) < 4.78 is 0. The molecule has 1 fully saturated rings. The molecule has 0 radical (unpaired) electrons. The van der Waals surface area contributed by atoms with Gasteiger partial charge < -0.3 is 25.8 Å². The van der Waals surface area contributed by atoms with Gasteiger partial charge in [-0.2, -0.15) is 0 Å². The van der Waals surface area contributed by atoms with Gasteiger partial charge in [-0.05, 0) is 72.3 Å². The summed E-state index contributed by atoms with van der Waals surface area (Å²) in [6.45, 7) is 3.15. The van der Waals surface area contributed by atoms with Crippen molar-refractivity contribution in [2.24, 2.45) is 5.41 Å². The molecule has 1 aliphatic carbocycles. The van der Waals surface area contributed by atoms with Crippen LogP contribution >= 0.6 is 0 Å². The van der Waals surface area contributed by atoms with Gasteiger partial charge in [0.1, 0.15) is 12.4 Å². The highest BCUT2D eigenvalue weighted by molar-refractivity contribution is 6.01. The summed E-state index contributed by atoms with van der Waals surface area (Å²) in [5.41, 5.74) is 4.70. The van der Waals surface area contributed by atoms with E-state index in [1.807, 2.05) is 68.6 Å². The molecule has 4 amide bonds. The molecule has 3 heterocycles. The normalized spacial score (nSPS) is 21.8. The van der Waals surface area contributed by atoms with Crippen LogP contribution in [0.2, 0.25) is 0 Å². The van der Waals surface area contributed by atoms with Crippen molar-refractivity contribution < 1.29 is 19.2 Å². The predicted octanol–water partition coefficient (Wildman–Crippen LogP) is 3.79. The van der Waals surface area contributed by atoms with Gasteiger partial charge in [0.15, 0.2) is 0 Å². The summed E-state index contributed by atoms with van der Waals surface area (Å²) in [6, 6.07) is 17.5. The highest BCUT2D eigenvalue weighted by Crippen LogP contribution is 2.49. The van der Waals surface area contributed by atoms with Gasteiger partial charge in [-0.15, -0.1) is 0 Å². The molecule has 3 aromatic rings. The van der Waals surface area contributed by atoms with Crippen LogP contribution in [0.3, 0.4) is 0 Å². The number of piperidine rings is 1. The standard InChI is InChI=1S/C35H40N6O4/c1-4-35(13-15-40(3)30(43)18-35)34(45)41(20-24-9-6-5-8-23(24)19-36-2)21-29(42)38-25-12-11-22-16-28-26-10-7-14-37-32(26)39-33(44)31(28)27(22)17-25/h5-12,14,17,28,31,36H,4,13,15-16,18-21H2,1-3H3,(H,38,42)(H,37,39,44)/t28-,31?,35?/m1/s1. The number of nitrogens with zero attached hydrogens (tertiary/aromatic N) is 3. The van der Waals surface area contributed by atoms with E-state index in [2.05, 4.69) is 20.9 Å². The van der Waals surface area contributed by atoms with E-state index in [1.54, 1.807) is 23.0 Å². The Labute approximate surface area is 263 Å². The third-order valence-electron chi connectivity index (χ3n) is 9.81. The van der Waals surface area contributed by atoms with Gasteiger partial charge in [0.05, 0.1) is 11.3 Å². The number of amides is 4. The number of aromatic nitrogens is 1. The third-order valence-corrected chi connectivity index (χ3v) is 9.81. The molecule has 2 aromatic carbocycles. The number of hydrogen-bond donors (Lipinski definition) is 3. The number of anilines is 2. The lowest BCUT2D eigenvalue weighted by molar-refractivity contribution is -0.154. The molecule has 234 valence electrons. The van der Waals surface area contributed by atoms with Crippen molar-refractivity contribution in [2.75, 3.05) is 37.8 Å². The lowest BCUT2D eigenvalue weighted by atomic mass is 9.74. The number of pyridine rings is 1. The monoisotopic (exact) mass is 608 g/mol. The smallest absolute Gasteiger partial charge is 0.244 e. The second-order valence-corrected chi connectivity index (χ2v) is 12.5. The SMILES string of the molecule is CCC1(C(=O)N(CC(=O)Nc2ccc3c(c2)C2C(=O)Nc4ncccc4[C@H]2C3)Cc2ccccc2CNC)CCN(C)C(=O)C1. The Balaban J connectivity index is 1.24. The Kier molecular flexibility index (Phi) is 8.42. The molecule has 10 heteroatoms. The Hall–Kier alpha value is -4.57. The first-order valence-electron chi connectivity index (χ1n) is 15.7. The first kappa shape index (κ1) is 30.5. The number of benzene rings is 2. The Morgan fingerprint density at radius 3 is 2.64 bits per heavy atom. The molecular formula is C35H40N6O4. The van der Waals surface area contributed by atoms with E-state index in [4.69, 9.17) is 0 Å². The van der Waals surface area contributed by atoms with Crippen LogP contribution in [0.5, 0.6) is 0 Å². The van der Waals surface area contributed by atoms with E-state index in [9.17, 15) is 19.2 Å². The molecule has 0 saturated carbocycles. The number of rotatable bonds is 9. The summed E-state index contributed by atoms with van der Waals surface area (Å²) in [5.74, 6) is -0.414. The lowest BCUT2D eigenvalue weighted by Crippen LogP contribution is -2.52. The van der Waals surface area contributed by atoms with Crippen molar-refractivity contribution in [3.8, 4) is 0 Å². The van der Waals surface area contributed by atoms with E-state index in [1.165, 1.54) is 0 Å². The van der Waals surface area contributed by atoms with Gasteiger partial charge in [-0.3, -0.25) is 19.2 Å². The summed E-state index contributed by atoms with van der Waals surface area (Å²) >= 11 is 0. The summed E-state index contributed by atoms with van der Waals surface area (Å²) in [7, 11) is 3.63. The number of likely N-dealkylation sites (tertiary alicyclic amines) is 1. The highest BCUT2D eigenvalue weighted by Gasteiger charge is 2.46. The van der Waals surface area contributed by atoms with Crippen LogP contribution in [0, 0.1) is 5.41 Å². The topological polar surface area (TPSA) is 124 Å². The quantitative estimate of drug-likeness (QED) is 0.340. The van der Waals surface area contributed by atoms with Crippen LogP contribution in [0.25, 0.3) is 0 Å². The Morgan fingerprint density at radius 2 is 1.89 bits per heavy atom. The zero-order valence-corrected chi connectivity index (χ0v) is 26.1. The first-order valence-corrected chi connectivity index (χ1v) is 15.7. The van der Waals surface area contributed by atoms with Crippen LogP contribution in [0.4, 0.5) is 11.5 Å². The molecule has 3 N–H and O–H groups in total. The van der Waals surface area contributed by atoms with Gasteiger partial charge in [0, 0.05) is 50.9 Å². The van der Waals surface area contributed by atoms with Gasteiger partial charge in [0.25, 0.3) is 0 Å². The molecule has 3 aliphatic rings. The zero-order valence-electron chi connectivity index (χ0n) is 26.1. The van der Waals surface area contributed by atoms with E-state index < -0.39 is 5.41 Å². The van der Waals surface area contributed by atoms with Crippen LogP contribution in [-0.4, -0.2) is 65.6 Å². The first-order chi connectivity index (χ1) is 21.7. The number of hydrogen-bond acceptors (Lipinski definition) is 6. The van der Waals surface area contributed by atoms with Crippen molar-refractivity contribution in [2.45, 2.75) is 57.5 Å². The zero-order chi connectivity index (χ0) is 31.7. The van der Waals surface area contributed by atoms with Crippen molar-refractivity contribution in [3.63, 3.8) is 0 Å². The van der Waals surface area contributed by atoms with Crippen molar-refractivity contribution in [3.05, 3.63) is 88.6 Å². The summed E-state index contributed by atoms with van der Waals surface area (Å²) in [4.78, 5) is 61.5. The van der Waals surface area contributed by atoms with Gasteiger partial charge in [-0.1, -0.05) is 43.3 Å². The number of fused-ring (bicyclic) bond motifs is 5. The summed E-state index contributed by atoms with van der Waals surface area (Å²) in [6.07, 6.45) is 3.59. The van der Waals surface area contributed by atoms with E-state index in [-0.39, 0.29) is 55.0 Å². The van der Waals surface area contributed by atoms with Gasteiger partial charge in [0.2, 0.25) is 23.6 Å². The molecule has 1 aromatic heterocycles. The molecule has 2 unspecified atom stereocenters. The van der Waals surface area contributed by atoms with Crippen LogP contribution in [0.15, 0.2) is 60.8 Å². The van der Waals surface area contributed by atoms with E-state index >= 15 is 0 Å². The van der Waals surface area contributed by atoms with Gasteiger partial charge in [-0.25, -0.2) is 4.98 Å². The number of carbonyl (C=O) groups excluding carboxylic acids is 4. The van der Waals surface area contributed by atoms with Crippen molar-refractivity contribution in [1.82, 2.24) is 20.1 Å². The van der Waals surface area contributed by atoms with E-state index in [0.29, 0.717) is 37.4 Å². The molecule has 0 spiro atoms. The fraction of sp³-hybridized carbons (Fsp3) is 0.400. The number of carbonyl (C=O) groups is 4. The largest absolute Gasteiger partial charge is 0.346 e. The van der Waals surface area contributed by atoms with Crippen molar-refractivity contribution >= 4 is 35.1 Å². The predicted molar refractivity (Wildman–Crippen MR) is 171 cm³/mol. The fourth-order valence-electron chi connectivity index (χ4n) is 7.19. The summed E-state index contributed by atoms with van der Waals surface area (Å²) in [5, 5.41) is 9.11. The average Bonchev–Trinajstić information content (AvgIpc) is 3.43. The second-order valence-electron chi connectivity index (χ2n) is 12.5. The van der Waals surface area contributed by atoms with Crippen LogP contribution in [0.1, 0.15) is 65.8 Å². The molecule has 10 nitrogen and oxygen atoms in total. The Bertz CT molecular complexity index is 1660. The lowest BCUT2D eigenvalue weighted by Gasteiger charge is -2.41. The van der Waals surface area contributed by atoms with Gasteiger partial charge >= 0.3 is 0 Å². The molecule has 1 saturated heterocycles. The molecule has 2 aliphatic heterocycles. The minimum atomic E-state index is -0.857. The molecule has 45 heavy (non-hydrogen) atoms. The van der Waals surface area contributed by atoms with Crippen LogP contribution in [-0.2, 0) is 38.7 Å². The molecule has 6 rings (SSSR count). The minimum Gasteiger partial charge on any atom is -0.346 e. The molecule has 3 atom stereocenters. The van der Waals surface area contributed by atoms with E-state index in [0.717, 1.165) is 34.2 Å². The third kappa shape index (κ3) is 5.82. The minimum absolute atomic E-state index is 0.00308. The molecule has 0 bridgehead atoms. The fourth-order valence-corrected chi connectivity index (χ4v) is 7.19. The van der Waals surface area contributed by atoms with Crippen LogP contribution < -0.4 is 16.0 Å². The maximum atomic E-state index is 14.3. The Morgan fingerprint density at radius 1 is 1.09 bits per heavy atom. The average molecular weight is 609 g/mol. The maximum Gasteiger partial charge on any atom is 0.244 e. The highest BCUT2D eigenvalue weighted by atomic mass is 16.2. The van der Waals surface area contributed by atoms with Crippen molar-refractivity contribution in [1.29, 1.82) is 0 Å². The molecular weight excluding hydrogens is 568 g/mol. The number of nitrogens with one attached hydrogen (secondary N) is 3. The second kappa shape index (κ2) is 12.4. The maximum absolute atomic E-state index is 14.3.